The highest BCUT2D eigenvalue weighted by molar-refractivity contribution is 5.03. The SMILES string of the molecule is Cc1cc(C)[n+]([O-])c(O)n1. The third kappa shape index (κ3) is 1.00. The van der Waals surface area contributed by atoms with Crippen LogP contribution in [0.3, 0.4) is 0 Å². The third-order valence-corrected chi connectivity index (χ3v) is 1.20. The number of aromatic nitrogens is 2. The Hall–Kier alpha value is -1.32. The van der Waals surface area contributed by atoms with Crippen LogP contribution in [0.5, 0.6) is 6.01 Å². The summed E-state index contributed by atoms with van der Waals surface area (Å²) in [6.07, 6.45) is 0. The van der Waals surface area contributed by atoms with Gasteiger partial charge in [0.1, 0.15) is 5.69 Å². The number of aromatic hydroxyl groups is 1. The summed E-state index contributed by atoms with van der Waals surface area (Å²) in [6.45, 7) is 3.33. The van der Waals surface area contributed by atoms with Gasteiger partial charge >= 0.3 is 6.01 Å². The molecular weight excluding hydrogens is 132 g/mol. The largest absolute Gasteiger partial charge is 0.708 e. The van der Waals surface area contributed by atoms with Gasteiger partial charge in [-0.25, -0.2) is 0 Å². The second kappa shape index (κ2) is 2.13. The van der Waals surface area contributed by atoms with Crippen molar-refractivity contribution < 1.29 is 9.84 Å². The van der Waals surface area contributed by atoms with E-state index < -0.39 is 6.01 Å². The van der Waals surface area contributed by atoms with Gasteiger partial charge in [-0.3, -0.25) is 0 Å². The van der Waals surface area contributed by atoms with Crippen molar-refractivity contribution in [3.05, 3.63) is 22.7 Å². The molecule has 1 rings (SSSR count). The van der Waals surface area contributed by atoms with Gasteiger partial charge in [-0.05, 0) is 11.9 Å². The van der Waals surface area contributed by atoms with Crippen LogP contribution in [0.4, 0.5) is 0 Å². The summed E-state index contributed by atoms with van der Waals surface area (Å²) < 4.78 is 0.382. The Morgan fingerprint density at radius 3 is 2.70 bits per heavy atom. The number of rotatable bonds is 0. The summed E-state index contributed by atoms with van der Waals surface area (Å²) in [6, 6.07) is 1.12. The van der Waals surface area contributed by atoms with Crippen LogP contribution in [-0.2, 0) is 0 Å². The molecule has 0 unspecified atom stereocenters. The van der Waals surface area contributed by atoms with Gasteiger partial charge in [-0.2, -0.15) is 4.73 Å². The number of hydrogen-bond acceptors (Lipinski definition) is 3. The quantitative estimate of drug-likeness (QED) is 0.408. The highest BCUT2D eigenvalue weighted by Gasteiger charge is 2.07. The first-order chi connectivity index (χ1) is 4.61. The van der Waals surface area contributed by atoms with Gasteiger partial charge in [0.05, 0.1) is 0 Å². The van der Waals surface area contributed by atoms with Crippen LogP contribution in [0.1, 0.15) is 11.4 Å². The summed E-state index contributed by atoms with van der Waals surface area (Å²) in [5, 5.41) is 19.5. The van der Waals surface area contributed by atoms with Crippen molar-refractivity contribution in [1.29, 1.82) is 0 Å². The lowest BCUT2D eigenvalue weighted by molar-refractivity contribution is -0.623. The minimum Gasteiger partial charge on any atom is -0.708 e. The van der Waals surface area contributed by atoms with Crippen LogP contribution >= 0.6 is 0 Å². The molecule has 0 aliphatic rings. The third-order valence-electron chi connectivity index (χ3n) is 1.20. The maximum atomic E-state index is 10.7. The molecule has 0 spiro atoms. The fourth-order valence-electron chi connectivity index (χ4n) is 0.754. The molecule has 0 radical (unpaired) electrons. The summed E-state index contributed by atoms with van der Waals surface area (Å²) in [4.78, 5) is 3.54. The van der Waals surface area contributed by atoms with E-state index in [-0.39, 0.29) is 0 Å². The molecule has 0 aliphatic heterocycles. The Balaban J connectivity index is 3.31. The highest BCUT2D eigenvalue weighted by atomic mass is 16.5. The van der Waals surface area contributed by atoms with Gasteiger partial charge in [0.2, 0.25) is 0 Å². The molecule has 0 aliphatic carbocycles. The lowest BCUT2D eigenvalue weighted by atomic mass is 10.4. The predicted molar refractivity (Wildman–Crippen MR) is 34.3 cm³/mol. The van der Waals surface area contributed by atoms with Gasteiger partial charge in [0, 0.05) is 13.0 Å². The second-order valence-corrected chi connectivity index (χ2v) is 2.13. The van der Waals surface area contributed by atoms with E-state index in [1.807, 2.05) is 0 Å². The predicted octanol–water partition coefficient (Wildman–Crippen LogP) is 0.0374. The highest BCUT2D eigenvalue weighted by Crippen LogP contribution is 1.99. The van der Waals surface area contributed by atoms with Crippen molar-refractivity contribution >= 4 is 0 Å². The van der Waals surface area contributed by atoms with Crippen LogP contribution in [0.15, 0.2) is 6.07 Å². The molecule has 0 fully saturated rings. The van der Waals surface area contributed by atoms with Gasteiger partial charge in [0.25, 0.3) is 0 Å². The fourth-order valence-corrected chi connectivity index (χ4v) is 0.754. The smallest absolute Gasteiger partial charge is 0.499 e. The molecule has 1 heterocycles. The summed E-state index contributed by atoms with van der Waals surface area (Å²) >= 11 is 0. The van der Waals surface area contributed by atoms with Crippen LogP contribution < -0.4 is 4.73 Å². The van der Waals surface area contributed by atoms with Crippen LogP contribution in [0.2, 0.25) is 0 Å². The topological polar surface area (TPSA) is 60.1 Å². The van der Waals surface area contributed by atoms with Crippen molar-refractivity contribution in [2.24, 2.45) is 0 Å². The van der Waals surface area contributed by atoms with Gasteiger partial charge < -0.3 is 10.3 Å². The molecule has 4 heteroatoms. The molecule has 0 amide bonds. The molecule has 0 aromatic carbocycles. The number of aryl methyl sites for hydroxylation is 2. The first kappa shape index (κ1) is 6.80. The zero-order valence-electron chi connectivity index (χ0n) is 5.83. The molecule has 54 valence electrons. The minimum absolute atomic E-state index is 0.382. The Kier molecular flexibility index (Phi) is 1.45. The van der Waals surface area contributed by atoms with E-state index in [2.05, 4.69) is 4.98 Å². The molecule has 0 atom stereocenters. The zero-order valence-corrected chi connectivity index (χ0v) is 5.83. The molecule has 1 aromatic rings. The van der Waals surface area contributed by atoms with E-state index >= 15 is 0 Å². The first-order valence-electron chi connectivity index (χ1n) is 2.88. The Labute approximate surface area is 58.4 Å². The van der Waals surface area contributed by atoms with E-state index in [1.165, 1.54) is 0 Å². The average Bonchev–Trinajstić information content (AvgIpc) is 1.82. The van der Waals surface area contributed by atoms with E-state index in [4.69, 9.17) is 5.11 Å². The van der Waals surface area contributed by atoms with E-state index in [9.17, 15) is 5.21 Å². The molecule has 0 saturated heterocycles. The number of nitrogens with zero attached hydrogens (tertiary/aromatic N) is 2. The summed E-state index contributed by atoms with van der Waals surface area (Å²) in [5.41, 5.74) is 1.09. The van der Waals surface area contributed by atoms with Crippen LogP contribution in [-0.4, -0.2) is 10.1 Å². The van der Waals surface area contributed by atoms with E-state index in [1.54, 1.807) is 19.9 Å². The van der Waals surface area contributed by atoms with Crippen molar-refractivity contribution in [1.82, 2.24) is 4.98 Å². The van der Waals surface area contributed by atoms with Crippen molar-refractivity contribution in [2.45, 2.75) is 13.8 Å². The second-order valence-electron chi connectivity index (χ2n) is 2.13. The molecule has 10 heavy (non-hydrogen) atoms. The Morgan fingerprint density at radius 1 is 1.60 bits per heavy atom. The number of hydrogen-bond donors (Lipinski definition) is 1. The molecule has 0 saturated carbocycles. The summed E-state index contributed by atoms with van der Waals surface area (Å²) in [5.74, 6) is 0. The lowest BCUT2D eigenvalue weighted by Crippen LogP contribution is -2.31. The van der Waals surface area contributed by atoms with Crippen molar-refractivity contribution in [2.75, 3.05) is 0 Å². The fraction of sp³-hybridized carbons (Fsp3) is 0.333. The van der Waals surface area contributed by atoms with Gasteiger partial charge in [-0.15, -0.1) is 0 Å². The van der Waals surface area contributed by atoms with Crippen molar-refractivity contribution in [3.63, 3.8) is 0 Å². The standard InChI is InChI=1S/C6H8N2O2/c1-4-3-5(2)8(10)6(9)7-4/h3H,1-2H3,(H,7,9). The lowest BCUT2D eigenvalue weighted by Gasteiger charge is -2.03. The van der Waals surface area contributed by atoms with Gasteiger partial charge in [-0.1, -0.05) is 0 Å². The van der Waals surface area contributed by atoms with Crippen molar-refractivity contribution in [3.8, 4) is 6.01 Å². The zero-order chi connectivity index (χ0) is 7.72. The van der Waals surface area contributed by atoms with Crippen LogP contribution in [0.25, 0.3) is 0 Å². The van der Waals surface area contributed by atoms with Crippen LogP contribution in [0, 0.1) is 19.1 Å². The summed E-state index contributed by atoms with van der Waals surface area (Å²) in [7, 11) is 0. The van der Waals surface area contributed by atoms with E-state index in [0.29, 0.717) is 16.1 Å². The normalized spacial score (nSPS) is 9.80. The maximum absolute atomic E-state index is 10.7. The molecule has 1 N–H and O–H groups in total. The monoisotopic (exact) mass is 140 g/mol. The first-order valence-corrected chi connectivity index (χ1v) is 2.88. The molecule has 0 bridgehead atoms. The van der Waals surface area contributed by atoms with Gasteiger partial charge in [0.15, 0.2) is 5.69 Å². The molecule has 1 aromatic heterocycles. The Bertz CT molecular complexity index is 237. The average molecular weight is 140 g/mol. The van der Waals surface area contributed by atoms with E-state index in [0.717, 1.165) is 0 Å². The molecular formula is C6H8N2O2. The minimum atomic E-state index is -0.488. The molecule has 4 nitrogen and oxygen atoms in total. The maximum Gasteiger partial charge on any atom is 0.499 e. The Morgan fingerprint density at radius 2 is 2.20 bits per heavy atom.